The minimum absolute atomic E-state index is 0.0969. The second-order valence-electron chi connectivity index (χ2n) is 6.12. The van der Waals surface area contributed by atoms with Crippen LogP contribution in [-0.4, -0.2) is 35.4 Å². The molecule has 1 fully saturated rings. The Labute approximate surface area is 168 Å². The Morgan fingerprint density at radius 1 is 1.25 bits per heavy atom. The molecule has 1 amide bonds. The summed E-state index contributed by atoms with van der Waals surface area (Å²) in [7, 11) is -3.61. The Morgan fingerprint density at radius 3 is 2.86 bits per heavy atom. The van der Waals surface area contributed by atoms with E-state index >= 15 is 0 Å². The highest BCUT2D eigenvalue weighted by molar-refractivity contribution is 7.91. The fourth-order valence-corrected chi connectivity index (χ4v) is 6.75. The number of hydrogen-bond donors (Lipinski definition) is 1. The van der Waals surface area contributed by atoms with Gasteiger partial charge in [0.05, 0.1) is 6.04 Å². The Balaban J connectivity index is 1.54. The summed E-state index contributed by atoms with van der Waals surface area (Å²) in [6.07, 6.45) is 1.32. The molecule has 0 bridgehead atoms. The zero-order chi connectivity index (χ0) is 19.7. The minimum Gasteiger partial charge on any atom is -0.320 e. The predicted molar refractivity (Wildman–Crippen MR) is 104 cm³/mol. The summed E-state index contributed by atoms with van der Waals surface area (Å²) < 4.78 is 40.7. The lowest BCUT2D eigenvalue weighted by molar-refractivity contribution is 0.102. The van der Waals surface area contributed by atoms with Crippen LogP contribution in [0.4, 0.5) is 10.1 Å². The number of anilines is 1. The van der Waals surface area contributed by atoms with Crippen molar-refractivity contribution in [2.45, 2.75) is 23.1 Å². The van der Waals surface area contributed by atoms with Gasteiger partial charge >= 0.3 is 0 Å². The summed E-state index contributed by atoms with van der Waals surface area (Å²) in [6, 6.07) is 8.36. The Morgan fingerprint density at radius 2 is 2.11 bits per heavy atom. The van der Waals surface area contributed by atoms with Crippen molar-refractivity contribution in [3.05, 3.63) is 57.6 Å². The first-order chi connectivity index (χ1) is 13.4. The molecule has 0 unspecified atom stereocenters. The number of amides is 1. The molecule has 1 saturated heterocycles. The van der Waals surface area contributed by atoms with Crippen LogP contribution in [0.15, 0.2) is 46.0 Å². The lowest BCUT2D eigenvalue weighted by atomic mass is 10.2. The molecule has 1 aromatic carbocycles. The predicted octanol–water partition coefficient (Wildman–Crippen LogP) is 3.52. The topological polar surface area (TPSA) is 92.3 Å². The number of benzene rings is 1. The molecule has 0 spiro atoms. The monoisotopic (exact) mass is 438 g/mol. The van der Waals surface area contributed by atoms with E-state index in [0.29, 0.717) is 30.1 Å². The molecule has 146 valence electrons. The zero-order valence-electron chi connectivity index (χ0n) is 14.4. The third-order valence-corrected chi connectivity index (χ3v) is 8.57. The number of sulfonamides is 1. The maximum Gasteiger partial charge on any atom is 0.286 e. The first kappa shape index (κ1) is 19.1. The van der Waals surface area contributed by atoms with Crippen molar-refractivity contribution in [2.75, 3.05) is 11.9 Å². The number of thiophene rings is 1. The zero-order valence-corrected chi connectivity index (χ0v) is 16.9. The second-order valence-corrected chi connectivity index (χ2v) is 10.2. The lowest BCUT2D eigenvalue weighted by Gasteiger charge is -2.21. The third-order valence-electron chi connectivity index (χ3n) is 4.26. The Hall–Kier alpha value is -2.21. The van der Waals surface area contributed by atoms with Crippen LogP contribution < -0.4 is 5.32 Å². The molecule has 1 N–H and O–H groups in total. The van der Waals surface area contributed by atoms with Crippen LogP contribution in [0.5, 0.6) is 0 Å². The van der Waals surface area contributed by atoms with Gasteiger partial charge in [-0.25, -0.2) is 12.8 Å². The fourth-order valence-electron chi connectivity index (χ4n) is 3.01. The van der Waals surface area contributed by atoms with Crippen LogP contribution in [0.2, 0.25) is 0 Å². The number of aromatic nitrogens is 2. The molecular weight excluding hydrogens is 423 g/mol. The van der Waals surface area contributed by atoms with Gasteiger partial charge in [0.2, 0.25) is 5.01 Å². The number of halogens is 1. The van der Waals surface area contributed by atoms with E-state index in [-0.39, 0.29) is 9.22 Å². The van der Waals surface area contributed by atoms with E-state index in [1.54, 1.807) is 23.6 Å². The number of hydrogen-bond acceptors (Lipinski definition) is 7. The number of carbonyl (C=O) groups is 1. The largest absolute Gasteiger partial charge is 0.320 e. The molecule has 7 nitrogen and oxygen atoms in total. The average Bonchev–Trinajstić information content (AvgIpc) is 3.42. The number of carbonyl (C=O) groups excluding carboxylic acids is 1. The quantitative estimate of drug-likeness (QED) is 0.658. The molecule has 11 heteroatoms. The fraction of sp³-hybridized carbons (Fsp3) is 0.235. The summed E-state index contributed by atoms with van der Waals surface area (Å²) >= 11 is 2.22. The van der Waals surface area contributed by atoms with E-state index < -0.39 is 27.8 Å². The molecule has 1 atom stereocenters. The summed E-state index contributed by atoms with van der Waals surface area (Å²) in [5, 5.41) is 12.8. The first-order valence-electron chi connectivity index (χ1n) is 8.41. The van der Waals surface area contributed by atoms with E-state index in [2.05, 4.69) is 15.5 Å². The molecular formula is C17H15FN4O3S3. The third kappa shape index (κ3) is 3.70. The SMILES string of the molecule is O=C(Nc1cccc(F)c1)c1nnc([C@@H]2CCCN2S(=O)(=O)c2cccs2)s1. The van der Waals surface area contributed by atoms with Gasteiger partial charge in [-0.1, -0.05) is 23.5 Å². The van der Waals surface area contributed by atoms with Crippen molar-refractivity contribution in [1.82, 2.24) is 14.5 Å². The molecule has 0 aliphatic carbocycles. The van der Waals surface area contributed by atoms with E-state index in [0.717, 1.165) is 11.3 Å². The highest BCUT2D eigenvalue weighted by Gasteiger charge is 2.38. The van der Waals surface area contributed by atoms with Crippen LogP contribution in [0.3, 0.4) is 0 Å². The van der Waals surface area contributed by atoms with Gasteiger partial charge in [-0.2, -0.15) is 4.31 Å². The lowest BCUT2D eigenvalue weighted by Crippen LogP contribution is -2.30. The highest BCUT2D eigenvalue weighted by Crippen LogP contribution is 2.38. The van der Waals surface area contributed by atoms with Crippen molar-refractivity contribution in [3.8, 4) is 0 Å². The number of rotatable bonds is 5. The van der Waals surface area contributed by atoms with Gasteiger partial charge in [-0.15, -0.1) is 21.5 Å². The molecule has 1 aliphatic rings. The molecule has 28 heavy (non-hydrogen) atoms. The van der Waals surface area contributed by atoms with Crippen molar-refractivity contribution in [2.24, 2.45) is 0 Å². The highest BCUT2D eigenvalue weighted by atomic mass is 32.2. The maximum absolute atomic E-state index is 13.3. The molecule has 0 saturated carbocycles. The first-order valence-corrected chi connectivity index (χ1v) is 11.5. The molecule has 4 rings (SSSR count). The van der Waals surface area contributed by atoms with Gasteiger partial charge < -0.3 is 5.32 Å². The summed E-state index contributed by atoms with van der Waals surface area (Å²) in [5.74, 6) is -0.976. The van der Waals surface area contributed by atoms with Gasteiger partial charge in [0.25, 0.3) is 15.9 Å². The van der Waals surface area contributed by atoms with E-state index in [9.17, 15) is 17.6 Å². The maximum atomic E-state index is 13.3. The van der Waals surface area contributed by atoms with Crippen LogP contribution in [0, 0.1) is 5.82 Å². The standard InChI is InChI=1S/C17H15FN4O3S3/c18-11-4-1-5-12(10-11)19-15(23)17-21-20-16(27-17)13-6-2-8-22(13)28(24,25)14-7-3-9-26-14/h1,3-5,7,9-10,13H,2,6,8H2,(H,19,23)/t13-/m0/s1. The minimum atomic E-state index is -3.61. The van der Waals surface area contributed by atoms with Crippen LogP contribution in [-0.2, 0) is 10.0 Å². The molecule has 3 aromatic rings. The van der Waals surface area contributed by atoms with Gasteiger partial charge in [0, 0.05) is 12.2 Å². The van der Waals surface area contributed by atoms with E-state index in [1.165, 1.54) is 33.8 Å². The summed E-state index contributed by atoms with van der Waals surface area (Å²) in [4.78, 5) is 12.4. The molecule has 0 radical (unpaired) electrons. The van der Waals surface area contributed by atoms with Crippen LogP contribution >= 0.6 is 22.7 Å². The van der Waals surface area contributed by atoms with E-state index in [4.69, 9.17) is 0 Å². The van der Waals surface area contributed by atoms with Crippen molar-refractivity contribution < 1.29 is 17.6 Å². The van der Waals surface area contributed by atoms with E-state index in [1.807, 2.05) is 0 Å². The summed E-state index contributed by atoms with van der Waals surface area (Å²) in [6.45, 7) is 0.398. The Kier molecular flexibility index (Phi) is 5.23. The summed E-state index contributed by atoms with van der Waals surface area (Å²) in [5.41, 5.74) is 0.310. The van der Waals surface area contributed by atoms with Crippen molar-refractivity contribution >= 4 is 44.3 Å². The van der Waals surface area contributed by atoms with Gasteiger partial charge in [-0.3, -0.25) is 4.79 Å². The molecule has 2 aromatic heterocycles. The molecule has 1 aliphatic heterocycles. The average molecular weight is 439 g/mol. The van der Waals surface area contributed by atoms with Gasteiger partial charge in [0.1, 0.15) is 15.0 Å². The smallest absolute Gasteiger partial charge is 0.286 e. The Bertz CT molecular complexity index is 1100. The van der Waals surface area contributed by atoms with Crippen LogP contribution in [0.25, 0.3) is 0 Å². The number of nitrogens with one attached hydrogen (secondary N) is 1. The second kappa shape index (κ2) is 7.66. The van der Waals surface area contributed by atoms with Gasteiger partial charge in [-0.05, 0) is 42.5 Å². The normalized spacial score (nSPS) is 17.7. The van der Waals surface area contributed by atoms with Gasteiger partial charge in [0.15, 0.2) is 0 Å². The van der Waals surface area contributed by atoms with Crippen molar-refractivity contribution in [1.29, 1.82) is 0 Å². The number of nitrogens with zero attached hydrogens (tertiary/aromatic N) is 3. The van der Waals surface area contributed by atoms with Crippen LogP contribution in [0.1, 0.15) is 33.7 Å². The van der Waals surface area contributed by atoms with Crippen molar-refractivity contribution in [3.63, 3.8) is 0 Å². The molecule has 3 heterocycles.